The number of hydrogen-bond donors (Lipinski definition) is 1. The van der Waals surface area contributed by atoms with E-state index in [1.165, 1.54) is 11.8 Å². The third-order valence-electron chi connectivity index (χ3n) is 2.62. The van der Waals surface area contributed by atoms with Gasteiger partial charge in [-0.1, -0.05) is 30.0 Å². The number of nitrogens with two attached hydrogens (primary N) is 1. The van der Waals surface area contributed by atoms with E-state index >= 15 is 0 Å². The van der Waals surface area contributed by atoms with Crippen LogP contribution in [-0.4, -0.2) is 21.8 Å². The average Bonchev–Trinajstić information content (AvgIpc) is 2.61. The first-order chi connectivity index (χ1) is 9.02. The predicted octanol–water partition coefficient (Wildman–Crippen LogP) is 2.47. The van der Waals surface area contributed by atoms with Gasteiger partial charge in [-0.15, -0.1) is 0 Å². The molecule has 2 N–H and O–H groups in total. The molecular formula is C13H14N2O2S2. The highest BCUT2D eigenvalue weighted by atomic mass is 32.2. The predicted molar refractivity (Wildman–Crippen MR) is 81.5 cm³/mol. The summed E-state index contributed by atoms with van der Waals surface area (Å²) in [6.07, 6.45) is 1.79. The highest BCUT2D eigenvalue weighted by molar-refractivity contribution is 8.26. The van der Waals surface area contributed by atoms with E-state index in [-0.39, 0.29) is 5.91 Å². The van der Waals surface area contributed by atoms with Crippen molar-refractivity contribution in [2.75, 3.05) is 6.61 Å². The van der Waals surface area contributed by atoms with E-state index in [1.54, 1.807) is 6.08 Å². The number of amides is 1. The lowest BCUT2D eigenvalue weighted by Crippen LogP contribution is -2.34. The van der Waals surface area contributed by atoms with Crippen molar-refractivity contribution in [1.82, 2.24) is 5.01 Å². The van der Waals surface area contributed by atoms with Gasteiger partial charge in [0.25, 0.3) is 5.91 Å². The fourth-order valence-corrected chi connectivity index (χ4v) is 2.81. The van der Waals surface area contributed by atoms with Crippen LogP contribution in [0.3, 0.4) is 0 Å². The Bertz CT molecular complexity index is 570. The molecule has 1 amide bonds. The van der Waals surface area contributed by atoms with Crippen molar-refractivity contribution in [3.05, 3.63) is 34.2 Å². The zero-order chi connectivity index (χ0) is 14.0. The van der Waals surface area contributed by atoms with E-state index in [1.807, 2.05) is 32.0 Å². The van der Waals surface area contributed by atoms with Gasteiger partial charge in [-0.05, 0) is 43.2 Å². The molecule has 0 aromatic heterocycles. The molecule has 1 aliphatic rings. The highest BCUT2D eigenvalue weighted by Crippen LogP contribution is 2.31. The van der Waals surface area contributed by atoms with Crippen molar-refractivity contribution in [2.45, 2.75) is 13.8 Å². The maximum absolute atomic E-state index is 11.8. The van der Waals surface area contributed by atoms with Gasteiger partial charge in [0, 0.05) is 0 Å². The molecule has 1 saturated heterocycles. The van der Waals surface area contributed by atoms with Crippen LogP contribution in [0.4, 0.5) is 0 Å². The van der Waals surface area contributed by atoms with Crippen molar-refractivity contribution < 1.29 is 9.53 Å². The molecule has 0 unspecified atom stereocenters. The third kappa shape index (κ3) is 2.97. The molecular weight excluding hydrogens is 280 g/mol. The second-order valence-corrected chi connectivity index (χ2v) is 5.69. The Balaban J connectivity index is 2.27. The van der Waals surface area contributed by atoms with Gasteiger partial charge in [0.2, 0.25) is 0 Å². The highest BCUT2D eigenvalue weighted by Gasteiger charge is 2.29. The molecule has 0 saturated carbocycles. The van der Waals surface area contributed by atoms with Crippen LogP contribution in [0, 0.1) is 6.92 Å². The third-order valence-corrected chi connectivity index (χ3v) is 3.95. The number of hydrogen-bond acceptors (Lipinski definition) is 5. The zero-order valence-electron chi connectivity index (χ0n) is 10.7. The SMILES string of the molecule is CCOc1ccc(C=C2SC(=S)N(N)C2=O)cc1C. The summed E-state index contributed by atoms with van der Waals surface area (Å²) in [5.41, 5.74) is 1.95. The lowest BCUT2D eigenvalue weighted by Gasteiger charge is -2.07. The molecule has 6 heteroatoms. The summed E-state index contributed by atoms with van der Waals surface area (Å²) >= 11 is 6.18. The topological polar surface area (TPSA) is 55.6 Å². The minimum absolute atomic E-state index is 0.262. The Labute approximate surface area is 121 Å². The monoisotopic (exact) mass is 294 g/mol. The largest absolute Gasteiger partial charge is 0.494 e. The van der Waals surface area contributed by atoms with Crippen LogP contribution in [0.2, 0.25) is 0 Å². The van der Waals surface area contributed by atoms with Crippen molar-refractivity contribution in [3.8, 4) is 5.75 Å². The number of thiocarbonyl (C=S) groups is 1. The number of rotatable bonds is 3. The van der Waals surface area contributed by atoms with Crippen LogP contribution in [-0.2, 0) is 4.79 Å². The van der Waals surface area contributed by atoms with Crippen LogP contribution in [0.25, 0.3) is 6.08 Å². The molecule has 1 fully saturated rings. The molecule has 19 heavy (non-hydrogen) atoms. The van der Waals surface area contributed by atoms with E-state index in [2.05, 4.69) is 0 Å². The molecule has 4 nitrogen and oxygen atoms in total. The lowest BCUT2D eigenvalue weighted by atomic mass is 10.1. The number of ether oxygens (including phenoxy) is 1. The van der Waals surface area contributed by atoms with Crippen LogP contribution >= 0.6 is 24.0 Å². The fraction of sp³-hybridized carbons (Fsp3) is 0.231. The van der Waals surface area contributed by atoms with Crippen molar-refractivity contribution >= 4 is 40.3 Å². The molecule has 0 aliphatic carbocycles. The van der Waals surface area contributed by atoms with Gasteiger partial charge in [-0.25, -0.2) is 10.9 Å². The van der Waals surface area contributed by atoms with Crippen molar-refractivity contribution in [3.63, 3.8) is 0 Å². The van der Waals surface area contributed by atoms with E-state index in [4.69, 9.17) is 22.8 Å². The smallest absolute Gasteiger partial charge is 0.280 e. The average molecular weight is 294 g/mol. The van der Waals surface area contributed by atoms with Crippen LogP contribution < -0.4 is 10.6 Å². The second kappa shape index (κ2) is 5.73. The molecule has 0 atom stereocenters. The number of nitrogens with zero attached hydrogens (tertiary/aromatic N) is 1. The van der Waals surface area contributed by atoms with E-state index in [0.29, 0.717) is 15.8 Å². The minimum atomic E-state index is -0.262. The summed E-state index contributed by atoms with van der Waals surface area (Å²) in [7, 11) is 0. The van der Waals surface area contributed by atoms with Crippen LogP contribution in [0.15, 0.2) is 23.1 Å². The second-order valence-electron chi connectivity index (χ2n) is 4.01. The summed E-state index contributed by atoms with van der Waals surface area (Å²) in [5.74, 6) is 6.11. The van der Waals surface area contributed by atoms with Gasteiger partial charge in [-0.2, -0.15) is 0 Å². The number of carbonyl (C=O) groups is 1. The van der Waals surface area contributed by atoms with Gasteiger partial charge in [-0.3, -0.25) is 4.79 Å². The summed E-state index contributed by atoms with van der Waals surface area (Å²) in [4.78, 5) is 12.3. The zero-order valence-corrected chi connectivity index (χ0v) is 12.3. The van der Waals surface area contributed by atoms with Gasteiger partial charge in [0.15, 0.2) is 4.32 Å². The number of aryl methyl sites for hydroxylation is 1. The number of carbonyl (C=O) groups excluding carboxylic acids is 1. The first-order valence-corrected chi connectivity index (χ1v) is 7.01. The Morgan fingerprint density at radius 3 is 2.79 bits per heavy atom. The molecule has 1 aromatic carbocycles. The standard InChI is InChI=1S/C13H14N2O2S2/c1-3-17-10-5-4-9(6-8(10)2)7-11-12(16)15(14)13(18)19-11/h4-7H,3,14H2,1-2H3. The fourth-order valence-electron chi connectivity index (χ4n) is 1.71. The number of thioether (sulfide) groups is 1. The molecule has 1 aromatic rings. The summed E-state index contributed by atoms with van der Waals surface area (Å²) in [6.45, 7) is 4.54. The minimum Gasteiger partial charge on any atom is -0.494 e. The van der Waals surface area contributed by atoms with Crippen molar-refractivity contribution in [2.24, 2.45) is 5.84 Å². The lowest BCUT2D eigenvalue weighted by molar-refractivity contribution is -0.122. The molecule has 0 radical (unpaired) electrons. The van der Waals surface area contributed by atoms with Crippen LogP contribution in [0.5, 0.6) is 5.75 Å². The van der Waals surface area contributed by atoms with Crippen molar-refractivity contribution in [1.29, 1.82) is 0 Å². The summed E-state index contributed by atoms with van der Waals surface area (Å²) in [5, 5.41) is 0.993. The van der Waals surface area contributed by atoms with Crippen LogP contribution in [0.1, 0.15) is 18.1 Å². The molecule has 0 spiro atoms. The van der Waals surface area contributed by atoms with Gasteiger partial charge < -0.3 is 4.74 Å². The first kappa shape index (κ1) is 14.0. The number of hydrazine groups is 1. The van der Waals surface area contributed by atoms with E-state index in [0.717, 1.165) is 21.9 Å². The summed E-state index contributed by atoms with van der Waals surface area (Å²) < 4.78 is 5.85. The molecule has 2 rings (SSSR count). The molecule has 1 heterocycles. The van der Waals surface area contributed by atoms with E-state index < -0.39 is 0 Å². The van der Waals surface area contributed by atoms with Gasteiger partial charge >= 0.3 is 0 Å². The Hall–Kier alpha value is -1.37. The Morgan fingerprint density at radius 1 is 1.53 bits per heavy atom. The van der Waals surface area contributed by atoms with Gasteiger partial charge in [0.05, 0.1) is 11.5 Å². The van der Waals surface area contributed by atoms with E-state index in [9.17, 15) is 4.79 Å². The Kier molecular flexibility index (Phi) is 4.24. The van der Waals surface area contributed by atoms with Gasteiger partial charge in [0.1, 0.15) is 5.75 Å². The molecule has 100 valence electrons. The Morgan fingerprint density at radius 2 is 2.26 bits per heavy atom. The molecule has 1 aliphatic heterocycles. The number of benzene rings is 1. The summed E-state index contributed by atoms with van der Waals surface area (Å²) in [6, 6.07) is 5.77. The maximum atomic E-state index is 11.8. The normalized spacial score (nSPS) is 17.4. The maximum Gasteiger partial charge on any atom is 0.280 e. The first-order valence-electron chi connectivity index (χ1n) is 5.79. The molecule has 0 bridgehead atoms. The quantitative estimate of drug-likeness (QED) is 0.402.